The Hall–Kier alpha value is -2.44. The first kappa shape index (κ1) is 15.0. The maximum Gasteiger partial charge on any atom is 0.305 e. The number of carboxylic acids is 1. The van der Waals surface area contributed by atoms with Gasteiger partial charge in [-0.25, -0.2) is 0 Å². The van der Waals surface area contributed by atoms with Crippen LogP contribution in [-0.2, 0) is 4.79 Å². The Labute approximate surface area is 122 Å². The van der Waals surface area contributed by atoms with Crippen molar-refractivity contribution in [3.05, 3.63) is 29.7 Å². The van der Waals surface area contributed by atoms with E-state index >= 15 is 0 Å². The summed E-state index contributed by atoms with van der Waals surface area (Å²) >= 11 is 0. The molecule has 0 aliphatic carbocycles. The predicted molar refractivity (Wildman–Crippen MR) is 76.1 cm³/mol. The van der Waals surface area contributed by atoms with Crippen LogP contribution >= 0.6 is 0 Å². The molecule has 0 spiro atoms. The summed E-state index contributed by atoms with van der Waals surface area (Å²) in [7, 11) is 0. The van der Waals surface area contributed by atoms with Crippen molar-refractivity contribution in [3.63, 3.8) is 0 Å². The molecule has 0 radical (unpaired) electrons. The van der Waals surface area contributed by atoms with E-state index in [0.717, 1.165) is 0 Å². The van der Waals surface area contributed by atoms with Crippen molar-refractivity contribution in [2.45, 2.75) is 33.2 Å². The van der Waals surface area contributed by atoms with Gasteiger partial charge in [0.25, 0.3) is 5.91 Å². The van der Waals surface area contributed by atoms with Crippen molar-refractivity contribution in [1.29, 1.82) is 0 Å². The van der Waals surface area contributed by atoms with Gasteiger partial charge in [0, 0.05) is 18.8 Å². The highest BCUT2D eigenvalue weighted by atomic mass is 16.4. The number of rotatable bonds is 5. The lowest BCUT2D eigenvalue weighted by Gasteiger charge is -2.26. The van der Waals surface area contributed by atoms with Crippen LogP contribution in [0.15, 0.2) is 18.3 Å². The Morgan fingerprint density at radius 2 is 2.05 bits per heavy atom. The molecule has 112 valence electrons. The van der Waals surface area contributed by atoms with Crippen LogP contribution in [0.2, 0.25) is 0 Å². The molecular weight excluding hydrogens is 272 g/mol. The molecule has 21 heavy (non-hydrogen) atoms. The van der Waals surface area contributed by atoms with E-state index in [1.54, 1.807) is 34.6 Å². The zero-order valence-corrected chi connectivity index (χ0v) is 12.3. The van der Waals surface area contributed by atoms with Gasteiger partial charge in [-0.15, -0.1) is 10.2 Å². The monoisotopic (exact) mass is 290 g/mol. The van der Waals surface area contributed by atoms with E-state index in [4.69, 9.17) is 5.11 Å². The molecule has 2 aromatic heterocycles. The third kappa shape index (κ3) is 3.18. The van der Waals surface area contributed by atoms with E-state index in [9.17, 15) is 9.59 Å². The molecule has 1 N–H and O–H groups in total. The summed E-state index contributed by atoms with van der Waals surface area (Å²) in [6, 6.07) is 3.33. The maximum atomic E-state index is 12.6. The van der Waals surface area contributed by atoms with E-state index in [2.05, 4.69) is 10.2 Å². The third-order valence-electron chi connectivity index (χ3n) is 3.27. The minimum absolute atomic E-state index is 0.0716. The van der Waals surface area contributed by atoms with E-state index < -0.39 is 5.97 Å². The molecule has 0 atom stereocenters. The number of hydrogen-bond donors (Lipinski definition) is 1. The summed E-state index contributed by atoms with van der Waals surface area (Å²) in [6.07, 6.45) is 1.61. The van der Waals surface area contributed by atoms with E-state index in [-0.39, 0.29) is 24.9 Å². The topological polar surface area (TPSA) is 87.8 Å². The number of pyridine rings is 1. The smallest absolute Gasteiger partial charge is 0.305 e. The number of carbonyl (C=O) groups excluding carboxylic acids is 1. The average molecular weight is 290 g/mol. The molecule has 2 rings (SSSR count). The van der Waals surface area contributed by atoms with Gasteiger partial charge in [0.05, 0.1) is 12.0 Å². The predicted octanol–water partition coefficient (Wildman–Crippen LogP) is 1.36. The first-order valence-corrected chi connectivity index (χ1v) is 6.74. The first-order valence-electron chi connectivity index (χ1n) is 6.74. The molecule has 0 bridgehead atoms. The lowest BCUT2D eigenvalue weighted by molar-refractivity contribution is -0.137. The molecule has 2 heterocycles. The molecule has 0 aliphatic heterocycles. The number of aryl methyl sites for hydroxylation is 1. The van der Waals surface area contributed by atoms with Gasteiger partial charge in [-0.2, -0.15) is 0 Å². The Balaban J connectivity index is 2.29. The molecule has 0 aromatic carbocycles. The molecule has 0 unspecified atom stereocenters. The molecular formula is C14H18N4O3. The molecule has 0 fully saturated rings. The fraction of sp³-hybridized carbons (Fsp3) is 0.429. The van der Waals surface area contributed by atoms with E-state index in [1.165, 1.54) is 0 Å². The largest absolute Gasteiger partial charge is 0.481 e. The summed E-state index contributed by atoms with van der Waals surface area (Å²) < 4.78 is 1.74. The van der Waals surface area contributed by atoms with Crippen LogP contribution in [0.3, 0.4) is 0 Å². The van der Waals surface area contributed by atoms with Crippen LogP contribution in [0.25, 0.3) is 5.65 Å². The Bertz CT molecular complexity index is 678. The molecule has 7 nitrogen and oxygen atoms in total. The van der Waals surface area contributed by atoms with Gasteiger partial charge in [-0.3, -0.25) is 14.0 Å². The van der Waals surface area contributed by atoms with Gasteiger partial charge >= 0.3 is 5.97 Å². The Morgan fingerprint density at radius 3 is 2.67 bits per heavy atom. The zero-order valence-electron chi connectivity index (χ0n) is 12.3. The number of aromatic nitrogens is 3. The minimum atomic E-state index is -0.918. The van der Waals surface area contributed by atoms with Gasteiger partial charge < -0.3 is 10.0 Å². The number of carboxylic acid groups (broad SMARTS) is 1. The number of amides is 1. The van der Waals surface area contributed by atoms with Gasteiger partial charge in [0.15, 0.2) is 5.65 Å². The molecule has 0 saturated heterocycles. The van der Waals surface area contributed by atoms with Crippen molar-refractivity contribution in [2.75, 3.05) is 6.54 Å². The second-order valence-electron chi connectivity index (χ2n) is 5.13. The number of fused-ring (bicyclic) bond motifs is 1. The van der Waals surface area contributed by atoms with Crippen LogP contribution in [0.1, 0.15) is 36.5 Å². The van der Waals surface area contributed by atoms with E-state index in [1.807, 2.05) is 13.8 Å². The van der Waals surface area contributed by atoms with Crippen LogP contribution in [0.5, 0.6) is 0 Å². The van der Waals surface area contributed by atoms with Gasteiger partial charge in [-0.05, 0) is 32.9 Å². The number of hydrogen-bond acceptors (Lipinski definition) is 4. The number of nitrogens with zero attached hydrogens (tertiary/aromatic N) is 4. The molecule has 2 aromatic rings. The third-order valence-corrected chi connectivity index (χ3v) is 3.27. The Kier molecular flexibility index (Phi) is 4.21. The quantitative estimate of drug-likeness (QED) is 0.898. The minimum Gasteiger partial charge on any atom is -0.481 e. The first-order chi connectivity index (χ1) is 9.90. The second-order valence-corrected chi connectivity index (χ2v) is 5.13. The van der Waals surface area contributed by atoms with Gasteiger partial charge in [0.1, 0.15) is 5.82 Å². The van der Waals surface area contributed by atoms with Gasteiger partial charge in [-0.1, -0.05) is 0 Å². The lowest BCUT2D eigenvalue weighted by Crippen LogP contribution is -2.38. The maximum absolute atomic E-state index is 12.6. The fourth-order valence-corrected chi connectivity index (χ4v) is 2.11. The summed E-state index contributed by atoms with van der Waals surface area (Å²) in [5.74, 6) is -0.416. The summed E-state index contributed by atoms with van der Waals surface area (Å²) in [4.78, 5) is 24.8. The normalized spacial score (nSPS) is 11.0. The highest BCUT2D eigenvalue weighted by Gasteiger charge is 2.20. The van der Waals surface area contributed by atoms with E-state index in [0.29, 0.717) is 17.0 Å². The standard InChI is InChI=1S/C14H18N4O3/c1-9(2)17(7-6-13(19)20)14(21)11-4-5-12-16-15-10(3)18(12)8-11/h4-5,8-9H,6-7H2,1-3H3,(H,19,20). The fourth-order valence-electron chi connectivity index (χ4n) is 2.11. The lowest BCUT2D eigenvalue weighted by atomic mass is 10.2. The zero-order chi connectivity index (χ0) is 15.6. The molecule has 0 aliphatic rings. The average Bonchev–Trinajstić information content (AvgIpc) is 2.79. The van der Waals surface area contributed by atoms with Crippen molar-refractivity contribution in [3.8, 4) is 0 Å². The van der Waals surface area contributed by atoms with Crippen molar-refractivity contribution >= 4 is 17.5 Å². The summed E-state index contributed by atoms with van der Waals surface area (Å²) in [5.41, 5.74) is 1.16. The summed E-state index contributed by atoms with van der Waals surface area (Å²) in [5, 5.41) is 16.7. The molecule has 0 saturated carbocycles. The SMILES string of the molecule is Cc1nnc2ccc(C(=O)N(CCC(=O)O)C(C)C)cn12. The van der Waals surface area contributed by atoms with Crippen LogP contribution in [0, 0.1) is 6.92 Å². The second kappa shape index (κ2) is 5.90. The number of carbonyl (C=O) groups is 2. The summed E-state index contributed by atoms with van der Waals surface area (Å²) in [6.45, 7) is 5.72. The van der Waals surface area contributed by atoms with Gasteiger partial charge in [0.2, 0.25) is 0 Å². The highest BCUT2D eigenvalue weighted by molar-refractivity contribution is 5.94. The molecule has 7 heteroatoms. The molecule has 1 amide bonds. The van der Waals surface area contributed by atoms with Crippen molar-refractivity contribution < 1.29 is 14.7 Å². The van der Waals surface area contributed by atoms with Crippen molar-refractivity contribution in [2.24, 2.45) is 0 Å². The van der Waals surface area contributed by atoms with Crippen molar-refractivity contribution in [1.82, 2.24) is 19.5 Å². The Morgan fingerprint density at radius 1 is 1.33 bits per heavy atom. The van der Waals surface area contributed by atoms with Crippen LogP contribution < -0.4 is 0 Å². The van der Waals surface area contributed by atoms with Crippen LogP contribution in [0.4, 0.5) is 0 Å². The number of aliphatic carboxylic acids is 1. The van der Waals surface area contributed by atoms with Crippen LogP contribution in [-0.4, -0.2) is 49.1 Å². The highest BCUT2D eigenvalue weighted by Crippen LogP contribution is 2.12.